The van der Waals surface area contributed by atoms with E-state index in [1.54, 1.807) is 39.5 Å². The molecule has 0 amide bonds. The Balaban J connectivity index is 2.41. The molecule has 0 radical (unpaired) electrons. The van der Waals surface area contributed by atoms with Gasteiger partial charge in [-0.2, -0.15) is 0 Å². The minimum atomic E-state index is -0.0791. The Morgan fingerprint density at radius 2 is 1.42 bits per heavy atom. The van der Waals surface area contributed by atoms with Crippen LogP contribution in [-0.2, 0) is 0 Å². The smallest absolute Gasteiger partial charge is 0.203 e. The number of rotatable bonds is 6. The summed E-state index contributed by atoms with van der Waals surface area (Å²) < 4.78 is 21.0. The zero-order valence-electron chi connectivity index (χ0n) is 14.1. The summed E-state index contributed by atoms with van der Waals surface area (Å²) in [7, 11) is 6.14. The zero-order valence-corrected chi connectivity index (χ0v) is 14.1. The number of phenols is 1. The summed E-state index contributed by atoms with van der Waals surface area (Å²) in [6, 6.07) is 7.05. The summed E-state index contributed by atoms with van der Waals surface area (Å²) in [5, 5.41) is 9.97. The molecule has 0 heterocycles. The van der Waals surface area contributed by atoms with Crippen molar-refractivity contribution in [3.05, 3.63) is 35.4 Å². The topological polar surface area (TPSA) is 83.2 Å². The Labute approximate surface area is 141 Å². The molecule has 2 aromatic carbocycles. The number of benzene rings is 2. The van der Waals surface area contributed by atoms with Gasteiger partial charge in [-0.25, -0.2) is 0 Å². The molecule has 2 aromatic rings. The molecule has 6 heteroatoms. The molecule has 6 nitrogen and oxygen atoms in total. The monoisotopic (exact) mass is 331 g/mol. The molecule has 0 fully saturated rings. The first kappa shape index (κ1) is 17.3. The number of nitrogens with two attached hydrogens (primary N) is 1. The van der Waals surface area contributed by atoms with E-state index in [2.05, 4.69) is 0 Å². The molecular weight excluding hydrogens is 310 g/mol. The predicted molar refractivity (Wildman–Crippen MR) is 94.1 cm³/mol. The second-order valence-electron chi connectivity index (χ2n) is 4.91. The van der Waals surface area contributed by atoms with E-state index >= 15 is 0 Å². The number of hydrogen-bond acceptors (Lipinski definition) is 6. The van der Waals surface area contributed by atoms with Crippen LogP contribution < -0.4 is 24.7 Å². The highest BCUT2D eigenvalue weighted by Crippen LogP contribution is 2.39. The molecule has 0 unspecified atom stereocenters. The summed E-state index contributed by atoms with van der Waals surface area (Å²) in [6.07, 6.45) is 3.62. The molecule has 0 aliphatic carbocycles. The lowest BCUT2D eigenvalue weighted by atomic mass is 10.1. The molecule has 3 N–H and O–H groups in total. The van der Waals surface area contributed by atoms with Crippen LogP contribution in [0.2, 0.25) is 0 Å². The van der Waals surface area contributed by atoms with Gasteiger partial charge in [-0.15, -0.1) is 0 Å². The zero-order chi connectivity index (χ0) is 17.7. The molecular formula is C18H21NO5. The average Bonchev–Trinajstić information content (AvgIpc) is 2.61. The third-order valence-corrected chi connectivity index (χ3v) is 3.58. The molecule has 0 saturated heterocycles. The van der Waals surface area contributed by atoms with Crippen molar-refractivity contribution in [3.63, 3.8) is 0 Å². The Bertz CT molecular complexity index is 730. The lowest BCUT2D eigenvalue weighted by Gasteiger charge is -2.13. The molecule has 0 spiro atoms. The van der Waals surface area contributed by atoms with Crippen LogP contribution in [0, 0.1) is 0 Å². The van der Waals surface area contributed by atoms with Crippen molar-refractivity contribution in [2.24, 2.45) is 0 Å². The van der Waals surface area contributed by atoms with Gasteiger partial charge in [0.2, 0.25) is 5.75 Å². The Morgan fingerprint density at radius 1 is 0.833 bits per heavy atom. The number of hydrogen-bond donors (Lipinski definition) is 2. The van der Waals surface area contributed by atoms with Crippen molar-refractivity contribution in [2.75, 3.05) is 34.2 Å². The number of nitrogen functional groups attached to an aromatic ring is 1. The minimum absolute atomic E-state index is 0.0791. The maximum Gasteiger partial charge on any atom is 0.203 e. The summed E-state index contributed by atoms with van der Waals surface area (Å²) in [5.41, 5.74) is 7.68. The quantitative estimate of drug-likeness (QED) is 0.480. The normalized spacial score (nSPS) is 10.7. The van der Waals surface area contributed by atoms with Crippen molar-refractivity contribution in [1.82, 2.24) is 0 Å². The van der Waals surface area contributed by atoms with E-state index in [1.165, 1.54) is 7.11 Å². The van der Waals surface area contributed by atoms with E-state index in [1.807, 2.05) is 18.2 Å². The fraction of sp³-hybridized carbons (Fsp3) is 0.222. The third kappa shape index (κ3) is 3.32. The predicted octanol–water partition coefficient (Wildman–Crippen LogP) is 3.18. The van der Waals surface area contributed by atoms with Crippen LogP contribution in [0.25, 0.3) is 12.2 Å². The van der Waals surface area contributed by atoms with Crippen LogP contribution in [0.5, 0.6) is 28.7 Å². The van der Waals surface area contributed by atoms with Crippen LogP contribution in [0.1, 0.15) is 11.1 Å². The van der Waals surface area contributed by atoms with Gasteiger partial charge in [0.25, 0.3) is 0 Å². The molecule has 0 atom stereocenters. The highest BCUT2D eigenvalue weighted by Gasteiger charge is 2.12. The number of aromatic hydroxyl groups is 1. The van der Waals surface area contributed by atoms with Gasteiger partial charge in [0, 0.05) is 5.56 Å². The SMILES string of the molecule is COc1ccc(/C=C/c2cc(OC)c(OC)c(OC)c2)c(N)c1O. The highest BCUT2D eigenvalue weighted by atomic mass is 16.5. The van der Waals surface area contributed by atoms with Crippen LogP contribution in [0.15, 0.2) is 24.3 Å². The van der Waals surface area contributed by atoms with Crippen molar-refractivity contribution in [2.45, 2.75) is 0 Å². The van der Waals surface area contributed by atoms with Crippen molar-refractivity contribution < 1.29 is 24.1 Å². The van der Waals surface area contributed by atoms with Crippen LogP contribution in [-0.4, -0.2) is 33.5 Å². The average molecular weight is 331 g/mol. The standard InChI is InChI=1S/C18H21NO5/c1-21-13-8-7-12(16(19)17(13)20)6-5-11-9-14(22-2)18(24-4)15(10-11)23-3/h5-10,20H,19H2,1-4H3/b6-5+. The first-order valence-electron chi connectivity index (χ1n) is 7.19. The first-order valence-corrected chi connectivity index (χ1v) is 7.19. The fourth-order valence-electron chi connectivity index (χ4n) is 2.30. The largest absolute Gasteiger partial charge is 0.503 e. The maximum atomic E-state index is 9.97. The van der Waals surface area contributed by atoms with Gasteiger partial charge in [-0.1, -0.05) is 12.2 Å². The van der Waals surface area contributed by atoms with E-state index in [4.69, 9.17) is 24.7 Å². The molecule has 0 aliphatic heterocycles. The first-order chi connectivity index (χ1) is 11.5. The summed E-state index contributed by atoms with van der Waals surface area (Å²) >= 11 is 0. The van der Waals surface area contributed by atoms with Gasteiger partial charge in [-0.05, 0) is 29.8 Å². The van der Waals surface area contributed by atoms with E-state index in [0.717, 1.165) is 5.56 Å². The van der Waals surface area contributed by atoms with Crippen LogP contribution >= 0.6 is 0 Å². The summed E-state index contributed by atoms with van der Waals surface area (Å²) in [4.78, 5) is 0. The minimum Gasteiger partial charge on any atom is -0.503 e. The molecule has 0 aliphatic rings. The third-order valence-electron chi connectivity index (χ3n) is 3.58. The fourth-order valence-corrected chi connectivity index (χ4v) is 2.30. The van der Waals surface area contributed by atoms with Crippen molar-refractivity contribution >= 4 is 17.8 Å². The number of methoxy groups -OCH3 is 4. The van der Waals surface area contributed by atoms with E-state index in [9.17, 15) is 5.11 Å². The van der Waals surface area contributed by atoms with Gasteiger partial charge in [0.05, 0.1) is 34.1 Å². The lowest BCUT2D eigenvalue weighted by Crippen LogP contribution is -1.95. The molecule has 24 heavy (non-hydrogen) atoms. The van der Waals surface area contributed by atoms with Gasteiger partial charge < -0.3 is 29.8 Å². The van der Waals surface area contributed by atoms with Gasteiger partial charge in [0.1, 0.15) is 0 Å². The summed E-state index contributed by atoms with van der Waals surface area (Å²) in [6.45, 7) is 0. The second-order valence-corrected chi connectivity index (χ2v) is 4.91. The molecule has 0 aromatic heterocycles. The number of anilines is 1. The van der Waals surface area contributed by atoms with E-state index in [0.29, 0.717) is 28.6 Å². The van der Waals surface area contributed by atoms with Gasteiger partial charge >= 0.3 is 0 Å². The van der Waals surface area contributed by atoms with Crippen molar-refractivity contribution in [1.29, 1.82) is 0 Å². The number of phenolic OH excluding ortho intramolecular Hbond substituents is 1. The Hall–Kier alpha value is -3.02. The number of ether oxygens (including phenoxy) is 4. The Kier molecular flexibility index (Phi) is 5.42. The van der Waals surface area contributed by atoms with Crippen LogP contribution in [0.3, 0.4) is 0 Å². The van der Waals surface area contributed by atoms with Crippen molar-refractivity contribution in [3.8, 4) is 28.7 Å². The maximum absolute atomic E-state index is 9.97. The van der Waals surface area contributed by atoms with Crippen LogP contribution in [0.4, 0.5) is 5.69 Å². The van der Waals surface area contributed by atoms with E-state index < -0.39 is 0 Å². The molecule has 2 rings (SSSR count). The van der Waals surface area contributed by atoms with Gasteiger partial charge in [0.15, 0.2) is 23.0 Å². The molecule has 0 bridgehead atoms. The lowest BCUT2D eigenvalue weighted by molar-refractivity contribution is 0.324. The molecule has 128 valence electrons. The summed E-state index contributed by atoms with van der Waals surface area (Å²) in [5.74, 6) is 1.89. The highest BCUT2D eigenvalue weighted by molar-refractivity contribution is 5.81. The Morgan fingerprint density at radius 3 is 1.92 bits per heavy atom. The van der Waals surface area contributed by atoms with E-state index in [-0.39, 0.29) is 11.4 Å². The second kappa shape index (κ2) is 7.50. The van der Waals surface area contributed by atoms with Gasteiger partial charge in [-0.3, -0.25) is 0 Å². The molecule has 0 saturated carbocycles.